The van der Waals surface area contributed by atoms with Crippen LogP contribution in [0.4, 0.5) is 10.5 Å². The van der Waals surface area contributed by atoms with E-state index in [1.807, 2.05) is 27.9 Å². The van der Waals surface area contributed by atoms with Crippen LogP contribution in [0.3, 0.4) is 0 Å². The molecule has 21 heavy (non-hydrogen) atoms. The van der Waals surface area contributed by atoms with Crippen LogP contribution in [0, 0.1) is 0 Å². The van der Waals surface area contributed by atoms with Crippen LogP contribution in [0.25, 0.3) is 0 Å². The number of aromatic nitrogens is 2. The highest BCUT2D eigenvalue weighted by Crippen LogP contribution is 2.13. The highest BCUT2D eigenvalue weighted by molar-refractivity contribution is 5.88. The molecule has 1 aromatic heterocycles. The van der Waals surface area contributed by atoms with Crippen LogP contribution in [-0.2, 0) is 6.54 Å². The number of aliphatic hydroxyl groups is 1. The van der Waals surface area contributed by atoms with Crippen LogP contribution in [0.15, 0.2) is 12.4 Å². The van der Waals surface area contributed by atoms with Gasteiger partial charge in [-0.05, 0) is 26.9 Å². The Labute approximate surface area is 126 Å². The molecule has 1 rings (SSSR count). The maximum atomic E-state index is 11.8. The predicted molar refractivity (Wildman–Crippen MR) is 83.3 cm³/mol. The summed E-state index contributed by atoms with van der Waals surface area (Å²) in [5.41, 5.74) is -0.199. The minimum atomic E-state index is -0.840. The quantitative estimate of drug-likeness (QED) is 0.671. The average molecular weight is 297 g/mol. The number of likely N-dealkylation sites (N-methyl/N-ethyl adjacent to an activating group) is 1. The fourth-order valence-electron chi connectivity index (χ4n) is 1.77. The summed E-state index contributed by atoms with van der Waals surface area (Å²) in [5.74, 6) is 0. The third-order valence-corrected chi connectivity index (χ3v) is 3.56. The molecular formula is C14H27N5O2. The van der Waals surface area contributed by atoms with Gasteiger partial charge in [-0.2, -0.15) is 5.10 Å². The average Bonchev–Trinajstić information content (AvgIpc) is 2.90. The van der Waals surface area contributed by atoms with Gasteiger partial charge in [0.1, 0.15) is 0 Å². The molecule has 7 heteroatoms. The first-order chi connectivity index (χ1) is 9.88. The lowest BCUT2D eigenvalue weighted by Gasteiger charge is -2.25. The summed E-state index contributed by atoms with van der Waals surface area (Å²) in [4.78, 5) is 13.9. The van der Waals surface area contributed by atoms with Gasteiger partial charge in [-0.3, -0.25) is 4.68 Å². The molecule has 0 aromatic carbocycles. The highest BCUT2D eigenvalue weighted by atomic mass is 16.3. The van der Waals surface area contributed by atoms with Crippen molar-refractivity contribution >= 4 is 11.7 Å². The summed E-state index contributed by atoms with van der Waals surface area (Å²) in [6.45, 7) is 5.69. The van der Waals surface area contributed by atoms with Crippen molar-refractivity contribution in [1.29, 1.82) is 0 Å². The van der Waals surface area contributed by atoms with Gasteiger partial charge < -0.3 is 20.6 Å². The molecule has 0 aliphatic carbocycles. The van der Waals surface area contributed by atoms with Crippen molar-refractivity contribution in [2.45, 2.75) is 38.8 Å². The minimum absolute atomic E-state index is 0.237. The Morgan fingerprint density at radius 2 is 2.10 bits per heavy atom. The van der Waals surface area contributed by atoms with E-state index in [2.05, 4.69) is 20.6 Å². The number of nitrogens with zero attached hydrogens (tertiary/aromatic N) is 3. The van der Waals surface area contributed by atoms with E-state index in [0.29, 0.717) is 18.5 Å². The number of anilines is 1. The lowest BCUT2D eigenvalue weighted by Crippen LogP contribution is -2.43. The van der Waals surface area contributed by atoms with E-state index in [1.54, 1.807) is 17.1 Å². The van der Waals surface area contributed by atoms with E-state index in [-0.39, 0.29) is 12.6 Å². The summed E-state index contributed by atoms with van der Waals surface area (Å²) in [5, 5.41) is 19.7. The molecule has 0 radical (unpaired) electrons. The molecule has 0 bridgehead atoms. The Morgan fingerprint density at radius 1 is 1.43 bits per heavy atom. The molecule has 120 valence electrons. The van der Waals surface area contributed by atoms with Gasteiger partial charge in [-0.15, -0.1) is 0 Å². The molecule has 1 aromatic rings. The van der Waals surface area contributed by atoms with Crippen LogP contribution in [0.5, 0.6) is 0 Å². The second-order valence-corrected chi connectivity index (χ2v) is 5.53. The molecular weight excluding hydrogens is 270 g/mol. The van der Waals surface area contributed by atoms with Crippen molar-refractivity contribution in [2.24, 2.45) is 0 Å². The van der Waals surface area contributed by atoms with Gasteiger partial charge in [0.25, 0.3) is 0 Å². The third-order valence-electron chi connectivity index (χ3n) is 3.56. The zero-order valence-corrected chi connectivity index (χ0v) is 13.4. The van der Waals surface area contributed by atoms with Gasteiger partial charge in [0.2, 0.25) is 0 Å². The molecule has 0 aliphatic heterocycles. The molecule has 0 saturated carbocycles. The van der Waals surface area contributed by atoms with Crippen molar-refractivity contribution in [3.8, 4) is 0 Å². The lowest BCUT2D eigenvalue weighted by atomic mass is 9.98. The summed E-state index contributed by atoms with van der Waals surface area (Å²) in [7, 11) is 4.00. The van der Waals surface area contributed by atoms with E-state index < -0.39 is 5.60 Å². The van der Waals surface area contributed by atoms with Gasteiger partial charge >= 0.3 is 6.03 Å². The van der Waals surface area contributed by atoms with Crippen molar-refractivity contribution in [2.75, 3.05) is 32.5 Å². The Balaban J connectivity index is 2.41. The Hall–Kier alpha value is -1.60. The SMILES string of the molecule is CCC(O)(CC)CNC(=O)Nc1cnn(CCN(C)C)c1. The number of nitrogens with one attached hydrogen (secondary N) is 2. The van der Waals surface area contributed by atoms with Crippen molar-refractivity contribution in [3.63, 3.8) is 0 Å². The van der Waals surface area contributed by atoms with Crippen molar-refractivity contribution in [1.82, 2.24) is 20.0 Å². The molecule has 0 spiro atoms. The van der Waals surface area contributed by atoms with Crippen LogP contribution in [-0.4, -0.2) is 58.6 Å². The molecule has 0 unspecified atom stereocenters. The van der Waals surface area contributed by atoms with Crippen molar-refractivity contribution in [3.05, 3.63) is 12.4 Å². The maximum absolute atomic E-state index is 11.8. The number of hydrogen-bond acceptors (Lipinski definition) is 4. The third kappa shape index (κ3) is 6.14. The summed E-state index contributed by atoms with van der Waals surface area (Å²) in [6.07, 6.45) is 4.61. The summed E-state index contributed by atoms with van der Waals surface area (Å²) < 4.78 is 1.78. The second-order valence-electron chi connectivity index (χ2n) is 5.53. The smallest absolute Gasteiger partial charge is 0.319 e. The standard InChI is InChI=1S/C14H27N5O2/c1-5-14(21,6-2)11-15-13(20)17-12-9-16-19(10-12)8-7-18(3)4/h9-10,21H,5-8,11H2,1-4H3,(H2,15,17,20). The first-order valence-electron chi connectivity index (χ1n) is 7.33. The van der Waals surface area contributed by atoms with Gasteiger partial charge in [-0.25, -0.2) is 4.79 Å². The molecule has 2 amide bonds. The van der Waals surface area contributed by atoms with Crippen LogP contribution in [0.1, 0.15) is 26.7 Å². The summed E-state index contributed by atoms with van der Waals surface area (Å²) in [6, 6.07) is -0.331. The first kappa shape index (κ1) is 17.5. The predicted octanol–water partition coefficient (Wildman–Crippen LogP) is 1.12. The van der Waals surface area contributed by atoms with Gasteiger partial charge in [0.05, 0.1) is 24.0 Å². The van der Waals surface area contributed by atoms with E-state index >= 15 is 0 Å². The van der Waals surface area contributed by atoms with Crippen LogP contribution in [0.2, 0.25) is 0 Å². The molecule has 7 nitrogen and oxygen atoms in total. The van der Waals surface area contributed by atoms with E-state index in [9.17, 15) is 9.90 Å². The van der Waals surface area contributed by atoms with Crippen molar-refractivity contribution < 1.29 is 9.90 Å². The topological polar surface area (TPSA) is 82.4 Å². The highest BCUT2D eigenvalue weighted by Gasteiger charge is 2.22. The molecule has 3 N–H and O–H groups in total. The zero-order chi connectivity index (χ0) is 15.9. The fraction of sp³-hybridized carbons (Fsp3) is 0.714. The van der Waals surface area contributed by atoms with Gasteiger partial charge in [0.15, 0.2) is 0 Å². The summed E-state index contributed by atoms with van der Waals surface area (Å²) >= 11 is 0. The van der Waals surface area contributed by atoms with E-state index in [1.165, 1.54) is 0 Å². The van der Waals surface area contributed by atoms with Crippen LogP contribution < -0.4 is 10.6 Å². The monoisotopic (exact) mass is 297 g/mol. The zero-order valence-electron chi connectivity index (χ0n) is 13.4. The maximum Gasteiger partial charge on any atom is 0.319 e. The number of urea groups is 1. The molecule has 0 aliphatic rings. The fourth-order valence-corrected chi connectivity index (χ4v) is 1.77. The largest absolute Gasteiger partial charge is 0.388 e. The molecule has 0 atom stereocenters. The molecule has 0 saturated heterocycles. The Morgan fingerprint density at radius 3 is 2.67 bits per heavy atom. The number of hydrogen-bond donors (Lipinski definition) is 3. The van der Waals surface area contributed by atoms with Gasteiger partial charge in [0, 0.05) is 19.3 Å². The first-order valence-corrected chi connectivity index (χ1v) is 7.33. The second kappa shape index (κ2) is 7.99. The number of rotatable bonds is 8. The van der Waals surface area contributed by atoms with E-state index in [0.717, 1.165) is 13.1 Å². The Bertz CT molecular complexity index is 440. The van der Waals surface area contributed by atoms with Crippen LogP contribution >= 0.6 is 0 Å². The number of carbonyl (C=O) groups excluding carboxylic acids is 1. The number of amides is 2. The lowest BCUT2D eigenvalue weighted by molar-refractivity contribution is 0.0354. The van der Waals surface area contributed by atoms with E-state index in [4.69, 9.17) is 0 Å². The number of carbonyl (C=O) groups is 1. The van der Waals surface area contributed by atoms with Gasteiger partial charge in [-0.1, -0.05) is 13.8 Å². The normalized spacial score (nSPS) is 11.7. The molecule has 1 heterocycles. The Kier molecular flexibility index (Phi) is 6.64. The minimum Gasteiger partial charge on any atom is -0.388 e. The molecule has 0 fully saturated rings.